The highest BCUT2D eigenvalue weighted by Crippen LogP contribution is 2.33. The number of nitrogens with zero attached hydrogens (tertiary/aromatic N) is 2. The number of aliphatic hydroxyl groups is 1. The van der Waals surface area contributed by atoms with Gasteiger partial charge in [-0.3, -0.25) is 10.1 Å². The topological polar surface area (TPSA) is 94.2 Å². The lowest BCUT2D eigenvalue weighted by Gasteiger charge is -2.26. The summed E-state index contributed by atoms with van der Waals surface area (Å²) in [5.41, 5.74) is 1.06. The maximum atomic E-state index is 11.4. The molecule has 1 aliphatic rings. The number of aliphatic hydroxyl groups excluding tert-OH is 1. The highest BCUT2D eigenvalue weighted by molar-refractivity contribution is 6.08. The molecule has 118 valence electrons. The second kappa shape index (κ2) is 6.05. The maximum Gasteiger partial charge on any atom is 0.316 e. The molecule has 0 spiro atoms. The van der Waals surface area contributed by atoms with Gasteiger partial charge in [0.2, 0.25) is 0 Å². The van der Waals surface area contributed by atoms with Crippen molar-refractivity contribution in [3.63, 3.8) is 0 Å². The van der Waals surface area contributed by atoms with E-state index in [1.54, 1.807) is 48.5 Å². The number of nitro groups is 1. The van der Waals surface area contributed by atoms with Crippen LogP contribution in [-0.4, -0.2) is 35.2 Å². The molecule has 0 aromatic heterocycles. The molecule has 2 aromatic rings. The van der Waals surface area contributed by atoms with Gasteiger partial charge in [0.1, 0.15) is 22.9 Å². The molecule has 0 radical (unpaired) electrons. The average Bonchev–Trinajstić information content (AvgIpc) is 2.54. The van der Waals surface area contributed by atoms with E-state index in [9.17, 15) is 15.2 Å². The van der Waals surface area contributed by atoms with E-state index in [1.165, 1.54) is 7.11 Å². The molecule has 1 N–H and O–H groups in total. The molecule has 7 nitrogen and oxygen atoms in total. The fourth-order valence-electron chi connectivity index (χ4n) is 2.45. The van der Waals surface area contributed by atoms with Crippen LogP contribution in [-0.2, 0) is 0 Å². The van der Waals surface area contributed by atoms with Crippen LogP contribution in [0.5, 0.6) is 11.5 Å². The Balaban J connectivity index is 2.20. The summed E-state index contributed by atoms with van der Waals surface area (Å²) in [7, 11) is 1.50. The van der Waals surface area contributed by atoms with Gasteiger partial charge in [-0.1, -0.05) is 24.3 Å². The first-order chi connectivity index (χ1) is 11.1. The van der Waals surface area contributed by atoms with Gasteiger partial charge in [-0.2, -0.15) is 0 Å². The molecular formula is C16H14N2O5. The van der Waals surface area contributed by atoms with Gasteiger partial charge in [0, 0.05) is 10.5 Å². The summed E-state index contributed by atoms with van der Waals surface area (Å²) in [6.07, 6.45) is -1.60. The minimum Gasteiger partial charge on any atom is -0.494 e. The summed E-state index contributed by atoms with van der Waals surface area (Å²) >= 11 is 0. The lowest BCUT2D eigenvalue weighted by atomic mass is 9.99. The van der Waals surface area contributed by atoms with Crippen molar-refractivity contribution in [1.82, 2.24) is 0 Å². The first-order valence-corrected chi connectivity index (χ1v) is 6.91. The number of hydrogen-bond acceptors (Lipinski definition) is 6. The Morgan fingerprint density at radius 1 is 1.22 bits per heavy atom. The third-order valence-corrected chi connectivity index (χ3v) is 3.51. The van der Waals surface area contributed by atoms with Gasteiger partial charge in [0.15, 0.2) is 0 Å². The van der Waals surface area contributed by atoms with Gasteiger partial charge < -0.3 is 14.6 Å². The molecule has 0 saturated heterocycles. The minimum absolute atomic E-state index is 0.133. The zero-order chi connectivity index (χ0) is 16.4. The fraction of sp³-hybridized carbons (Fsp3) is 0.188. The molecule has 0 fully saturated rings. The van der Waals surface area contributed by atoms with E-state index in [4.69, 9.17) is 9.47 Å². The molecule has 0 amide bonds. The molecule has 23 heavy (non-hydrogen) atoms. The van der Waals surface area contributed by atoms with Gasteiger partial charge >= 0.3 is 6.04 Å². The van der Waals surface area contributed by atoms with Crippen LogP contribution < -0.4 is 9.47 Å². The predicted molar refractivity (Wildman–Crippen MR) is 83.1 cm³/mol. The van der Waals surface area contributed by atoms with Crippen molar-refractivity contribution in [3.05, 3.63) is 64.2 Å². The van der Waals surface area contributed by atoms with Crippen LogP contribution in [0.1, 0.15) is 5.56 Å². The van der Waals surface area contributed by atoms with E-state index < -0.39 is 17.3 Å². The van der Waals surface area contributed by atoms with Crippen LogP contribution in [0.4, 0.5) is 5.69 Å². The standard InChI is InChI=1S/C16H14N2O5/c1-22-13-9-5-3-7-11(13)17-14-10-6-2-4-8-12(10)23-16(19)15(14)18(20)21/h2-9,15-16,19H,1H3/t15-,16+/m1/s1. The van der Waals surface area contributed by atoms with E-state index in [0.717, 1.165) is 0 Å². The number of aliphatic imine (C=N–C) groups is 1. The molecule has 0 bridgehead atoms. The first kappa shape index (κ1) is 15.0. The lowest BCUT2D eigenvalue weighted by Crippen LogP contribution is -2.47. The Hall–Kier alpha value is -2.93. The lowest BCUT2D eigenvalue weighted by molar-refractivity contribution is -0.524. The largest absolute Gasteiger partial charge is 0.494 e. The van der Waals surface area contributed by atoms with Gasteiger partial charge in [0.25, 0.3) is 6.29 Å². The molecule has 3 rings (SSSR count). The quantitative estimate of drug-likeness (QED) is 0.692. The fourth-order valence-corrected chi connectivity index (χ4v) is 2.45. The van der Waals surface area contributed by atoms with E-state index in [-0.39, 0.29) is 5.71 Å². The molecule has 2 aromatic carbocycles. The second-order valence-corrected chi connectivity index (χ2v) is 4.90. The van der Waals surface area contributed by atoms with Crippen molar-refractivity contribution in [2.75, 3.05) is 7.11 Å². The number of ether oxygens (including phenoxy) is 2. The maximum absolute atomic E-state index is 11.4. The summed E-state index contributed by atoms with van der Waals surface area (Å²) in [4.78, 5) is 15.2. The molecule has 1 heterocycles. The van der Waals surface area contributed by atoms with Crippen LogP contribution in [0.25, 0.3) is 0 Å². The van der Waals surface area contributed by atoms with Crippen LogP contribution >= 0.6 is 0 Å². The van der Waals surface area contributed by atoms with E-state index in [2.05, 4.69) is 4.99 Å². The number of hydrogen-bond donors (Lipinski definition) is 1. The minimum atomic E-state index is -1.60. The van der Waals surface area contributed by atoms with Crippen molar-refractivity contribution in [3.8, 4) is 11.5 Å². The predicted octanol–water partition coefficient (Wildman–Crippen LogP) is 2.17. The van der Waals surface area contributed by atoms with E-state index in [1.807, 2.05) is 0 Å². The normalized spacial score (nSPS) is 21.4. The summed E-state index contributed by atoms with van der Waals surface area (Å²) in [6.45, 7) is 0. The molecular weight excluding hydrogens is 300 g/mol. The zero-order valence-electron chi connectivity index (χ0n) is 12.2. The van der Waals surface area contributed by atoms with Gasteiger partial charge in [-0.15, -0.1) is 0 Å². The third-order valence-electron chi connectivity index (χ3n) is 3.51. The van der Waals surface area contributed by atoms with Crippen LogP contribution in [0.3, 0.4) is 0 Å². The summed E-state index contributed by atoms with van der Waals surface area (Å²) in [6, 6.07) is 12.2. The second-order valence-electron chi connectivity index (χ2n) is 4.90. The molecule has 0 saturated carbocycles. The summed E-state index contributed by atoms with van der Waals surface area (Å²) in [5.74, 6) is 0.840. The highest BCUT2D eigenvalue weighted by Gasteiger charge is 2.43. The summed E-state index contributed by atoms with van der Waals surface area (Å²) in [5, 5.41) is 21.4. The molecule has 1 aliphatic heterocycles. The molecule has 7 heteroatoms. The number of methoxy groups -OCH3 is 1. The van der Waals surface area contributed by atoms with Crippen LogP contribution in [0.2, 0.25) is 0 Å². The van der Waals surface area contributed by atoms with Gasteiger partial charge in [-0.25, -0.2) is 4.99 Å². The smallest absolute Gasteiger partial charge is 0.316 e. The van der Waals surface area contributed by atoms with E-state index >= 15 is 0 Å². The zero-order valence-corrected chi connectivity index (χ0v) is 12.2. The van der Waals surface area contributed by atoms with Gasteiger partial charge in [-0.05, 0) is 24.3 Å². The Labute approximate surface area is 132 Å². The molecule has 0 unspecified atom stereocenters. The Morgan fingerprint density at radius 2 is 1.91 bits per heavy atom. The first-order valence-electron chi connectivity index (χ1n) is 6.91. The van der Waals surface area contributed by atoms with Crippen LogP contribution in [0, 0.1) is 10.1 Å². The molecule has 2 atom stereocenters. The number of benzene rings is 2. The average molecular weight is 314 g/mol. The number of rotatable bonds is 3. The number of para-hydroxylation sites is 3. The third kappa shape index (κ3) is 2.74. The monoisotopic (exact) mass is 314 g/mol. The van der Waals surface area contributed by atoms with E-state index in [0.29, 0.717) is 22.7 Å². The van der Waals surface area contributed by atoms with Crippen molar-refractivity contribution in [2.45, 2.75) is 12.3 Å². The number of fused-ring (bicyclic) bond motifs is 1. The SMILES string of the molecule is COc1ccccc1N=C1c2ccccc2O[C@H](O)[C@@H]1[N+](=O)[O-]. The van der Waals surface area contributed by atoms with Crippen LogP contribution in [0.15, 0.2) is 53.5 Å². The summed E-state index contributed by atoms with van der Waals surface area (Å²) < 4.78 is 10.5. The van der Waals surface area contributed by atoms with Crippen molar-refractivity contribution >= 4 is 11.4 Å². The molecule has 0 aliphatic carbocycles. The van der Waals surface area contributed by atoms with Gasteiger partial charge in [0.05, 0.1) is 7.11 Å². The van der Waals surface area contributed by atoms with Crippen molar-refractivity contribution in [2.24, 2.45) is 4.99 Å². The Morgan fingerprint density at radius 3 is 2.65 bits per heavy atom. The Bertz CT molecular complexity index is 775. The Kier molecular flexibility index (Phi) is 3.94. The van der Waals surface area contributed by atoms with Crippen molar-refractivity contribution in [1.29, 1.82) is 0 Å². The highest BCUT2D eigenvalue weighted by atomic mass is 16.7. The van der Waals surface area contributed by atoms with Crippen molar-refractivity contribution < 1.29 is 19.5 Å².